The van der Waals surface area contributed by atoms with E-state index in [1.165, 1.54) is 6.08 Å². The molecular formula is C31H44O7Si2. The lowest BCUT2D eigenvalue weighted by Gasteiger charge is -2.43. The van der Waals surface area contributed by atoms with E-state index in [9.17, 15) is 9.59 Å². The highest BCUT2D eigenvalue weighted by Gasteiger charge is 2.55. The molecule has 0 spiro atoms. The third-order valence-corrected chi connectivity index (χ3v) is 17.3. The first-order valence-corrected chi connectivity index (χ1v) is 18.5. The first-order chi connectivity index (χ1) is 18.6. The number of hydrogen-bond acceptors (Lipinski definition) is 7. The molecular weight excluding hydrogens is 541 g/mol. The van der Waals surface area contributed by atoms with Crippen molar-refractivity contribution in [3.8, 4) is 0 Å². The summed E-state index contributed by atoms with van der Waals surface area (Å²) in [6.45, 7) is 20.4. The van der Waals surface area contributed by atoms with Crippen LogP contribution in [0.25, 0.3) is 0 Å². The Bertz CT molecular complexity index is 1110. The molecule has 40 heavy (non-hydrogen) atoms. The molecule has 0 radical (unpaired) electrons. The summed E-state index contributed by atoms with van der Waals surface area (Å²) in [5.74, 6) is -0.567. The zero-order chi connectivity index (χ0) is 29.8. The molecule has 0 bridgehead atoms. The SMILES string of the molecule is C=CCOC(=O)O[C@@H]1[C@@H](CO[Si](c2ccccc2)(c2ccccc2)C(C)(C)C)OC(=O)[C@@H]1O[Si](C)(C)C(C)(C)C. The van der Waals surface area contributed by atoms with Crippen molar-refractivity contribution in [1.82, 2.24) is 0 Å². The van der Waals surface area contributed by atoms with Crippen LogP contribution in [0.3, 0.4) is 0 Å². The molecule has 0 amide bonds. The van der Waals surface area contributed by atoms with Gasteiger partial charge in [0.15, 0.2) is 26.6 Å². The summed E-state index contributed by atoms with van der Waals surface area (Å²) in [6, 6.07) is 20.4. The van der Waals surface area contributed by atoms with E-state index in [0.717, 1.165) is 10.4 Å². The smallest absolute Gasteiger partial charge is 0.454 e. The average Bonchev–Trinajstić information content (AvgIpc) is 3.16. The van der Waals surface area contributed by atoms with Crippen LogP contribution >= 0.6 is 0 Å². The average molecular weight is 585 g/mol. The Morgan fingerprint density at radius 3 is 1.90 bits per heavy atom. The fourth-order valence-electron chi connectivity index (χ4n) is 4.73. The maximum Gasteiger partial charge on any atom is 0.509 e. The van der Waals surface area contributed by atoms with Gasteiger partial charge in [-0.05, 0) is 33.5 Å². The Balaban J connectivity index is 2.01. The maximum absolute atomic E-state index is 13.2. The van der Waals surface area contributed by atoms with Gasteiger partial charge in [-0.2, -0.15) is 0 Å². The van der Waals surface area contributed by atoms with E-state index in [4.69, 9.17) is 23.1 Å². The summed E-state index contributed by atoms with van der Waals surface area (Å²) in [4.78, 5) is 25.8. The lowest BCUT2D eigenvalue weighted by atomic mass is 10.1. The summed E-state index contributed by atoms with van der Waals surface area (Å²) in [5.41, 5.74) is 0. The van der Waals surface area contributed by atoms with E-state index in [1.807, 2.05) is 49.5 Å². The van der Waals surface area contributed by atoms with E-state index in [0.29, 0.717) is 0 Å². The largest absolute Gasteiger partial charge is 0.509 e. The van der Waals surface area contributed by atoms with Gasteiger partial charge in [0.1, 0.15) is 6.61 Å². The molecule has 7 nitrogen and oxygen atoms in total. The maximum atomic E-state index is 13.2. The minimum atomic E-state index is -2.94. The minimum absolute atomic E-state index is 0.0165. The van der Waals surface area contributed by atoms with Crippen molar-refractivity contribution < 1.29 is 32.7 Å². The third-order valence-electron chi connectivity index (χ3n) is 7.82. The molecule has 218 valence electrons. The molecule has 9 heteroatoms. The number of cyclic esters (lactones) is 1. The van der Waals surface area contributed by atoms with Gasteiger partial charge in [0.25, 0.3) is 8.32 Å². The second kappa shape index (κ2) is 12.4. The Morgan fingerprint density at radius 1 is 0.925 bits per heavy atom. The van der Waals surface area contributed by atoms with Crippen LogP contribution in [0.15, 0.2) is 73.3 Å². The molecule has 2 aromatic carbocycles. The monoisotopic (exact) mass is 584 g/mol. The minimum Gasteiger partial charge on any atom is -0.454 e. The third kappa shape index (κ3) is 6.76. The molecule has 3 atom stereocenters. The molecule has 1 fully saturated rings. The van der Waals surface area contributed by atoms with Gasteiger partial charge in [-0.25, -0.2) is 9.59 Å². The highest BCUT2D eigenvalue weighted by molar-refractivity contribution is 6.99. The lowest BCUT2D eigenvalue weighted by Crippen LogP contribution is -2.67. The van der Waals surface area contributed by atoms with Crippen LogP contribution in [0, 0.1) is 0 Å². The highest BCUT2D eigenvalue weighted by Crippen LogP contribution is 2.40. The molecule has 2 aromatic rings. The molecule has 0 saturated carbocycles. The molecule has 0 N–H and O–H groups in total. The van der Waals surface area contributed by atoms with E-state index >= 15 is 0 Å². The zero-order valence-corrected chi connectivity index (χ0v) is 27.1. The van der Waals surface area contributed by atoms with Gasteiger partial charge >= 0.3 is 12.1 Å². The van der Waals surface area contributed by atoms with Crippen LogP contribution in [-0.2, 0) is 27.9 Å². The number of carbonyl (C=O) groups excluding carboxylic acids is 2. The number of esters is 1. The first kappa shape index (κ1) is 31.8. The molecule has 1 aliphatic rings. The van der Waals surface area contributed by atoms with Gasteiger partial charge in [0, 0.05) is 0 Å². The molecule has 1 saturated heterocycles. The number of ether oxygens (including phenoxy) is 3. The first-order valence-electron chi connectivity index (χ1n) is 13.7. The van der Waals surface area contributed by atoms with Crippen LogP contribution in [-0.4, -0.2) is 60.3 Å². The molecule has 0 aliphatic carbocycles. The van der Waals surface area contributed by atoms with E-state index in [1.54, 1.807) is 0 Å². The van der Waals surface area contributed by atoms with Crippen molar-refractivity contribution in [2.45, 2.75) is 83.0 Å². The van der Waals surface area contributed by atoms with E-state index < -0.39 is 47.1 Å². The topological polar surface area (TPSA) is 80.3 Å². The quantitative estimate of drug-likeness (QED) is 0.205. The highest BCUT2D eigenvalue weighted by atomic mass is 28.4. The molecule has 3 rings (SSSR count). The Kier molecular flexibility index (Phi) is 9.88. The predicted molar refractivity (Wildman–Crippen MR) is 162 cm³/mol. The second-order valence-corrected chi connectivity index (χ2v) is 21.7. The van der Waals surface area contributed by atoms with Crippen molar-refractivity contribution >= 4 is 39.1 Å². The van der Waals surface area contributed by atoms with E-state index in [-0.39, 0.29) is 23.3 Å². The molecule has 1 aliphatic heterocycles. The van der Waals surface area contributed by atoms with Gasteiger partial charge in [0.2, 0.25) is 0 Å². The van der Waals surface area contributed by atoms with Gasteiger partial charge in [-0.1, -0.05) is 115 Å². The van der Waals surface area contributed by atoms with Crippen LogP contribution in [0.1, 0.15) is 41.5 Å². The predicted octanol–water partition coefficient (Wildman–Crippen LogP) is 5.59. The van der Waals surface area contributed by atoms with Gasteiger partial charge in [-0.15, -0.1) is 0 Å². The van der Waals surface area contributed by atoms with Crippen LogP contribution in [0.4, 0.5) is 4.79 Å². The Hall–Kier alpha value is -2.73. The van der Waals surface area contributed by atoms with Crippen molar-refractivity contribution in [1.29, 1.82) is 0 Å². The summed E-state index contributed by atoms with van der Waals surface area (Å²) in [7, 11) is -5.37. The van der Waals surface area contributed by atoms with Gasteiger partial charge in [0.05, 0.1) is 6.61 Å². The fourth-order valence-corrected chi connectivity index (χ4v) is 10.5. The molecule has 0 unspecified atom stereocenters. The second-order valence-electron chi connectivity index (χ2n) is 12.7. The van der Waals surface area contributed by atoms with Gasteiger partial charge in [-0.3, -0.25) is 0 Å². The number of carbonyl (C=O) groups is 2. The standard InChI is InChI=1S/C31H44O7Si2/c1-10-21-34-29(33)37-26-25(36-28(32)27(26)38-39(8,9)30(2,3)4)22-35-40(31(5,6)7,23-17-13-11-14-18-23)24-19-15-12-16-20-24/h10-20,25-27H,1,21-22H2,2-9H3/t25-,26-,27-/m1/s1. The van der Waals surface area contributed by atoms with Crippen molar-refractivity contribution in [2.75, 3.05) is 13.2 Å². The van der Waals surface area contributed by atoms with Crippen molar-refractivity contribution in [2.24, 2.45) is 0 Å². The normalized spacial score (nSPS) is 20.1. The fraction of sp³-hybridized carbons (Fsp3) is 0.484. The van der Waals surface area contributed by atoms with Crippen LogP contribution in [0.2, 0.25) is 23.2 Å². The zero-order valence-electron chi connectivity index (χ0n) is 25.1. The van der Waals surface area contributed by atoms with Crippen molar-refractivity contribution in [3.05, 3.63) is 73.3 Å². The Morgan fingerprint density at radius 2 is 1.45 bits per heavy atom. The van der Waals surface area contributed by atoms with Gasteiger partial charge < -0.3 is 23.1 Å². The van der Waals surface area contributed by atoms with Crippen LogP contribution < -0.4 is 10.4 Å². The number of hydrogen-bond donors (Lipinski definition) is 0. The van der Waals surface area contributed by atoms with Crippen LogP contribution in [0.5, 0.6) is 0 Å². The molecule has 0 aromatic heterocycles. The number of benzene rings is 2. The lowest BCUT2D eigenvalue weighted by molar-refractivity contribution is -0.147. The molecule has 1 heterocycles. The van der Waals surface area contributed by atoms with E-state index in [2.05, 4.69) is 72.4 Å². The van der Waals surface area contributed by atoms with Crippen molar-refractivity contribution in [3.63, 3.8) is 0 Å². The summed E-state index contributed by atoms with van der Waals surface area (Å²) >= 11 is 0. The Labute approximate surface area is 241 Å². The summed E-state index contributed by atoms with van der Waals surface area (Å²) in [5, 5.41) is 1.73. The number of rotatable bonds is 10. The summed E-state index contributed by atoms with van der Waals surface area (Å²) < 4.78 is 30.1. The summed E-state index contributed by atoms with van der Waals surface area (Å²) in [6.07, 6.45) is -2.45.